The van der Waals surface area contributed by atoms with Crippen LogP contribution >= 0.6 is 11.8 Å². The quantitative estimate of drug-likeness (QED) is 0.0534. The van der Waals surface area contributed by atoms with E-state index in [0.29, 0.717) is 18.0 Å². The number of carbonyl (C=O) groups is 1. The van der Waals surface area contributed by atoms with Crippen LogP contribution in [0.15, 0.2) is 0 Å². The van der Waals surface area contributed by atoms with Gasteiger partial charge in [-0.1, -0.05) is 135 Å². The first-order chi connectivity index (χ1) is 19.7. The normalized spacial score (nSPS) is 19.2. The molecule has 0 aliphatic carbocycles. The SMILES string of the molecule is CCCCCCCCCCCCCCCOCOC1CCC(CCCSC(=O)CCCCCCC)[SiH2]N(C)CC1. The summed E-state index contributed by atoms with van der Waals surface area (Å²) in [6.45, 7) is 7.00. The van der Waals surface area contributed by atoms with E-state index in [-0.39, 0.29) is 9.68 Å². The second-order valence-electron chi connectivity index (χ2n) is 12.6. The Kier molecular flexibility index (Phi) is 27.8. The van der Waals surface area contributed by atoms with Gasteiger partial charge in [-0.15, -0.1) is 0 Å². The highest BCUT2D eigenvalue weighted by molar-refractivity contribution is 8.13. The zero-order valence-corrected chi connectivity index (χ0v) is 29.5. The molecule has 1 saturated heterocycles. The fraction of sp³-hybridized carbons (Fsp3) is 0.971. The molecule has 2 unspecified atom stereocenters. The van der Waals surface area contributed by atoms with Crippen molar-refractivity contribution in [2.24, 2.45) is 0 Å². The molecular formula is C34H69NO3SSi. The summed E-state index contributed by atoms with van der Waals surface area (Å²) in [5.41, 5.74) is 0.854. The molecule has 1 rings (SSSR count). The fourth-order valence-corrected chi connectivity index (χ4v) is 8.85. The lowest BCUT2D eigenvalue weighted by Gasteiger charge is -2.30. The van der Waals surface area contributed by atoms with Crippen molar-refractivity contribution in [2.45, 2.75) is 180 Å². The number of hydrogen-bond acceptors (Lipinski definition) is 5. The highest BCUT2D eigenvalue weighted by atomic mass is 32.2. The Balaban J connectivity index is 1.97. The lowest BCUT2D eigenvalue weighted by molar-refractivity contribution is -0.111. The van der Waals surface area contributed by atoms with Crippen molar-refractivity contribution in [1.82, 2.24) is 4.57 Å². The highest BCUT2D eigenvalue weighted by Gasteiger charge is 2.21. The van der Waals surface area contributed by atoms with Crippen LogP contribution in [0.3, 0.4) is 0 Å². The predicted molar refractivity (Wildman–Crippen MR) is 180 cm³/mol. The Morgan fingerprint density at radius 1 is 0.750 bits per heavy atom. The van der Waals surface area contributed by atoms with Gasteiger partial charge in [-0.05, 0) is 57.7 Å². The van der Waals surface area contributed by atoms with E-state index in [2.05, 4.69) is 25.5 Å². The van der Waals surface area contributed by atoms with Gasteiger partial charge in [-0.3, -0.25) is 4.79 Å². The zero-order chi connectivity index (χ0) is 28.9. The van der Waals surface area contributed by atoms with Crippen LogP contribution in [0, 0.1) is 0 Å². The molecule has 1 fully saturated rings. The first-order valence-electron chi connectivity index (χ1n) is 17.7. The summed E-state index contributed by atoms with van der Waals surface area (Å²) in [4.78, 5) is 12.1. The maximum atomic E-state index is 12.1. The Morgan fingerprint density at radius 3 is 1.95 bits per heavy atom. The summed E-state index contributed by atoms with van der Waals surface area (Å²) in [6.07, 6.45) is 31.4. The minimum Gasteiger partial charge on any atom is -0.355 e. The number of carbonyl (C=O) groups excluding carboxylic acids is 1. The first-order valence-corrected chi connectivity index (χ1v) is 20.1. The van der Waals surface area contributed by atoms with Crippen molar-refractivity contribution in [3.05, 3.63) is 0 Å². The fourth-order valence-electron chi connectivity index (χ4n) is 5.88. The van der Waals surface area contributed by atoms with E-state index < -0.39 is 0 Å². The third-order valence-corrected chi connectivity index (χ3v) is 11.9. The van der Waals surface area contributed by atoms with E-state index >= 15 is 0 Å². The summed E-state index contributed by atoms with van der Waals surface area (Å²) in [6, 6.07) is 0. The van der Waals surface area contributed by atoms with Crippen LogP contribution in [-0.2, 0) is 14.3 Å². The van der Waals surface area contributed by atoms with Gasteiger partial charge in [-0.25, -0.2) is 0 Å². The molecule has 40 heavy (non-hydrogen) atoms. The van der Waals surface area contributed by atoms with Crippen LogP contribution in [0.2, 0.25) is 5.54 Å². The lowest BCUT2D eigenvalue weighted by Crippen LogP contribution is -2.34. The molecule has 0 spiro atoms. The summed E-state index contributed by atoms with van der Waals surface area (Å²) < 4.78 is 14.6. The molecule has 0 aromatic carbocycles. The van der Waals surface area contributed by atoms with Crippen LogP contribution in [-0.4, -0.2) is 58.2 Å². The van der Waals surface area contributed by atoms with Crippen molar-refractivity contribution in [3.63, 3.8) is 0 Å². The van der Waals surface area contributed by atoms with E-state index in [4.69, 9.17) is 9.47 Å². The van der Waals surface area contributed by atoms with Crippen molar-refractivity contribution in [1.29, 1.82) is 0 Å². The smallest absolute Gasteiger partial charge is 0.188 e. The molecule has 0 aromatic rings. The molecule has 2 atom stereocenters. The molecule has 0 amide bonds. The second kappa shape index (κ2) is 29.2. The molecule has 1 heterocycles. The summed E-state index contributed by atoms with van der Waals surface area (Å²) >= 11 is 1.59. The second-order valence-corrected chi connectivity index (χ2v) is 16.3. The molecule has 6 heteroatoms. The van der Waals surface area contributed by atoms with Gasteiger partial charge in [0.1, 0.15) is 6.79 Å². The largest absolute Gasteiger partial charge is 0.355 e. The van der Waals surface area contributed by atoms with Gasteiger partial charge in [-0.2, -0.15) is 0 Å². The van der Waals surface area contributed by atoms with E-state index in [1.807, 2.05) is 0 Å². The van der Waals surface area contributed by atoms with Crippen LogP contribution in [0.1, 0.15) is 168 Å². The number of hydrogen-bond donors (Lipinski definition) is 0. The Morgan fingerprint density at radius 2 is 1.32 bits per heavy atom. The van der Waals surface area contributed by atoms with Gasteiger partial charge in [0.05, 0.1) is 15.8 Å². The number of nitrogens with zero attached hydrogens (tertiary/aromatic N) is 1. The maximum absolute atomic E-state index is 12.1. The Labute approximate surface area is 257 Å². The van der Waals surface area contributed by atoms with Gasteiger partial charge in [0, 0.05) is 18.8 Å². The molecule has 238 valence electrons. The number of rotatable bonds is 27. The van der Waals surface area contributed by atoms with Crippen LogP contribution in [0.5, 0.6) is 0 Å². The van der Waals surface area contributed by atoms with E-state index in [9.17, 15) is 4.79 Å². The minimum absolute atomic E-state index is 0.198. The number of thioether (sulfide) groups is 1. The molecule has 1 aliphatic rings. The lowest BCUT2D eigenvalue weighted by atomic mass is 10.0. The predicted octanol–water partition coefficient (Wildman–Crippen LogP) is 9.83. The van der Waals surface area contributed by atoms with E-state index in [0.717, 1.165) is 43.7 Å². The molecule has 4 nitrogen and oxygen atoms in total. The van der Waals surface area contributed by atoms with Crippen molar-refractivity contribution in [2.75, 3.05) is 32.7 Å². The molecule has 0 bridgehead atoms. The van der Waals surface area contributed by atoms with Crippen LogP contribution < -0.4 is 0 Å². The summed E-state index contributed by atoms with van der Waals surface area (Å²) in [5, 5.41) is 0.413. The minimum atomic E-state index is -0.198. The van der Waals surface area contributed by atoms with E-state index in [1.54, 1.807) is 11.8 Å². The molecular weight excluding hydrogens is 531 g/mol. The molecule has 0 radical (unpaired) electrons. The molecule has 0 N–H and O–H groups in total. The van der Waals surface area contributed by atoms with Gasteiger partial charge in [0.2, 0.25) is 0 Å². The first kappa shape index (κ1) is 38.1. The topological polar surface area (TPSA) is 38.8 Å². The monoisotopic (exact) mass is 599 g/mol. The average molecular weight is 600 g/mol. The highest BCUT2D eigenvalue weighted by Crippen LogP contribution is 2.26. The molecule has 0 aromatic heterocycles. The van der Waals surface area contributed by atoms with Crippen LogP contribution in [0.25, 0.3) is 0 Å². The third kappa shape index (κ3) is 24.7. The summed E-state index contributed by atoms with van der Waals surface area (Å²) in [5.74, 6) is 1.01. The average Bonchev–Trinajstić information content (AvgIpc) is 2.94. The molecule has 1 aliphatic heterocycles. The van der Waals surface area contributed by atoms with Gasteiger partial charge < -0.3 is 14.0 Å². The summed E-state index contributed by atoms with van der Waals surface area (Å²) in [7, 11) is 2.11. The van der Waals surface area contributed by atoms with Gasteiger partial charge >= 0.3 is 0 Å². The zero-order valence-electron chi connectivity index (χ0n) is 27.2. The maximum Gasteiger partial charge on any atom is 0.188 e. The Hall–Kier alpha value is 0.117. The third-order valence-electron chi connectivity index (χ3n) is 8.58. The number of unbranched alkanes of at least 4 members (excludes halogenated alkanes) is 16. The number of ether oxygens (including phenoxy) is 2. The van der Waals surface area contributed by atoms with E-state index in [1.165, 1.54) is 135 Å². The standard InChI is InChI=1S/C34H69NO3SSi/c1-4-6-8-10-11-12-13-14-15-16-17-19-21-29-37-31-38-32-25-26-33(40-35(3)28-27-32)23-22-30-39-34(36)24-20-18-9-7-5-2/h32-33H,4-31,40H2,1-3H3. The van der Waals surface area contributed by atoms with Crippen LogP contribution in [0.4, 0.5) is 0 Å². The van der Waals surface area contributed by atoms with Crippen molar-refractivity contribution < 1.29 is 14.3 Å². The van der Waals surface area contributed by atoms with Gasteiger partial charge in [0.15, 0.2) is 5.12 Å². The molecule has 0 saturated carbocycles. The van der Waals surface area contributed by atoms with Gasteiger partial charge in [0.25, 0.3) is 0 Å². The van der Waals surface area contributed by atoms with Crippen molar-refractivity contribution >= 4 is 26.6 Å². The Bertz CT molecular complexity index is 553. The van der Waals surface area contributed by atoms with Crippen molar-refractivity contribution in [3.8, 4) is 0 Å².